The average molecular weight is 943 g/mol. The van der Waals surface area contributed by atoms with Crippen LogP contribution in [0, 0.1) is 20.8 Å². The van der Waals surface area contributed by atoms with Crippen molar-refractivity contribution in [2.24, 2.45) is 0 Å². The first-order chi connectivity index (χ1) is 34.1. The average Bonchev–Trinajstić information content (AvgIpc) is 3.85. The van der Waals surface area contributed by atoms with E-state index in [9.17, 15) is 0 Å². The molecule has 3 aliphatic heterocycles. The second-order valence-electron chi connectivity index (χ2n) is 26.1. The molecule has 0 bridgehead atoms. The zero-order chi connectivity index (χ0) is 50.3. The minimum Gasteiger partial charge on any atom is -0.320 e. The van der Waals surface area contributed by atoms with Gasteiger partial charge in [0.05, 0.1) is 22.6 Å². The molecule has 7 aromatic carbocycles. The van der Waals surface area contributed by atoms with Gasteiger partial charge >= 0.3 is 0 Å². The van der Waals surface area contributed by atoms with Crippen molar-refractivity contribution in [3.63, 3.8) is 0 Å². The molecule has 5 aliphatic rings. The molecule has 5 heteroatoms. The van der Waals surface area contributed by atoms with Gasteiger partial charge in [0.15, 0.2) is 0 Å². The summed E-state index contributed by atoms with van der Waals surface area (Å²) in [7, 11) is 0. The predicted molar refractivity (Wildman–Crippen MR) is 309 cm³/mol. The minimum atomic E-state index is -0.0630. The first kappa shape index (κ1) is 45.4. The molecule has 362 valence electrons. The first-order valence-electron chi connectivity index (χ1n) is 26.9. The molecule has 0 saturated heterocycles. The van der Waals surface area contributed by atoms with Gasteiger partial charge in [-0.2, -0.15) is 0 Å². The third kappa shape index (κ3) is 6.24. The highest BCUT2D eigenvalue weighted by Gasteiger charge is 2.55. The normalized spacial score (nSPS) is 18.0. The second kappa shape index (κ2) is 14.8. The lowest BCUT2D eigenvalue weighted by Crippen LogP contribution is -2.60. The zero-order valence-electron chi connectivity index (χ0n) is 45.3. The fraction of sp³-hybridized carbons (Fsp3) is 0.343. The molecule has 0 radical (unpaired) electrons. The van der Waals surface area contributed by atoms with Gasteiger partial charge in [-0.15, -0.1) is 0 Å². The van der Waals surface area contributed by atoms with Crippen molar-refractivity contribution >= 4 is 85.3 Å². The van der Waals surface area contributed by atoms with Crippen molar-refractivity contribution in [3.8, 4) is 5.69 Å². The smallest absolute Gasteiger partial charge is 0.275 e. The predicted octanol–water partition coefficient (Wildman–Crippen LogP) is 16.4. The van der Waals surface area contributed by atoms with E-state index in [1.54, 1.807) is 0 Å². The number of anilines is 9. The summed E-state index contributed by atoms with van der Waals surface area (Å²) in [5.41, 5.74) is 29.3. The van der Waals surface area contributed by atoms with Gasteiger partial charge in [0, 0.05) is 50.8 Å². The van der Waals surface area contributed by atoms with Gasteiger partial charge in [0.25, 0.3) is 6.71 Å². The highest BCUT2D eigenvalue weighted by Crippen LogP contribution is 2.59. The third-order valence-electron chi connectivity index (χ3n) is 18.3. The van der Waals surface area contributed by atoms with Crippen molar-refractivity contribution in [1.29, 1.82) is 0 Å². The van der Waals surface area contributed by atoms with Gasteiger partial charge in [-0.25, -0.2) is 0 Å². The maximum absolute atomic E-state index is 2.75. The Labute approximate surface area is 429 Å². The summed E-state index contributed by atoms with van der Waals surface area (Å²) in [5, 5.41) is 1.30. The number of benzene rings is 7. The molecular weight excluding hydrogens is 872 g/mol. The lowest BCUT2D eigenvalue weighted by molar-refractivity contribution is 0.332. The molecule has 0 amide bonds. The van der Waals surface area contributed by atoms with E-state index < -0.39 is 0 Å². The van der Waals surface area contributed by atoms with Crippen LogP contribution in [0.25, 0.3) is 16.6 Å². The molecule has 72 heavy (non-hydrogen) atoms. The molecular formula is C67H71BN4. The van der Waals surface area contributed by atoms with Gasteiger partial charge in [0.1, 0.15) is 0 Å². The lowest BCUT2D eigenvalue weighted by Gasteiger charge is -2.50. The summed E-state index contributed by atoms with van der Waals surface area (Å²) >= 11 is 0. The fourth-order valence-electron chi connectivity index (χ4n) is 14.4. The highest BCUT2D eigenvalue weighted by atomic mass is 15.2. The van der Waals surface area contributed by atoms with Crippen LogP contribution < -0.4 is 31.2 Å². The number of hydrogen-bond donors (Lipinski definition) is 0. The van der Waals surface area contributed by atoms with Crippen LogP contribution in [0.3, 0.4) is 0 Å². The summed E-state index contributed by atoms with van der Waals surface area (Å²) in [5.74, 6) is 0. The van der Waals surface area contributed by atoms with Crippen molar-refractivity contribution in [2.45, 2.75) is 150 Å². The van der Waals surface area contributed by atoms with E-state index in [1.807, 2.05) is 0 Å². The van der Waals surface area contributed by atoms with Gasteiger partial charge in [-0.05, 0) is 184 Å². The van der Waals surface area contributed by atoms with E-state index >= 15 is 0 Å². The van der Waals surface area contributed by atoms with Crippen LogP contribution in [0.4, 0.5) is 51.2 Å². The van der Waals surface area contributed by atoms with Crippen molar-refractivity contribution < 1.29 is 0 Å². The minimum absolute atomic E-state index is 0.0324. The Morgan fingerprint density at radius 3 is 1.76 bits per heavy atom. The first-order valence-corrected chi connectivity index (χ1v) is 26.9. The summed E-state index contributed by atoms with van der Waals surface area (Å²) in [4.78, 5) is 8.05. The second-order valence-corrected chi connectivity index (χ2v) is 26.1. The topological polar surface area (TPSA) is 14.7 Å². The Balaban J connectivity index is 1.22. The Morgan fingerprint density at radius 1 is 0.500 bits per heavy atom. The fourth-order valence-corrected chi connectivity index (χ4v) is 14.4. The number of aromatic nitrogens is 1. The summed E-state index contributed by atoms with van der Waals surface area (Å²) < 4.78 is 2.69. The summed E-state index contributed by atoms with van der Waals surface area (Å²) in [6.07, 6.45) is 4.61. The molecule has 0 fully saturated rings. The number of para-hydroxylation sites is 2. The number of rotatable bonds is 5. The molecule has 4 nitrogen and oxygen atoms in total. The molecule has 0 N–H and O–H groups in total. The molecule has 2 aliphatic carbocycles. The zero-order valence-corrected chi connectivity index (χ0v) is 45.3. The largest absolute Gasteiger partial charge is 0.320 e. The van der Waals surface area contributed by atoms with Crippen molar-refractivity contribution in [1.82, 2.24) is 4.57 Å². The maximum atomic E-state index is 2.75. The molecule has 4 heterocycles. The van der Waals surface area contributed by atoms with E-state index in [4.69, 9.17) is 0 Å². The van der Waals surface area contributed by atoms with E-state index in [2.05, 4.69) is 244 Å². The Bertz CT molecular complexity index is 3590. The number of nitrogens with zero attached hydrogens (tertiary/aromatic N) is 4. The molecule has 1 aromatic heterocycles. The van der Waals surface area contributed by atoms with Crippen LogP contribution >= 0.6 is 0 Å². The summed E-state index contributed by atoms with van der Waals surface area (Å²) in [6, 6.07) is 50.1. The Kier molecular flexibility index (Phi) is 9.36. The van der Waals surface area contributed by atoms with E-state index in [0.717, 1.165) is 30.6 Å². The molecule has 0 saturated carbocycles. The molecule has 8 aromatic rings. The maximum Gasteiger partial charge on any atom is 0.275 e. The molecule has 0 unspecified atom stereocenters. The van der Waals surface area contributed by atoms with Gasteiger partial charge < -0.3 is 19.3 Å². The SMILES string of the molecule is Cc1cc(C)c(N(c2ccccc2)c2cc3c4c(c2)-n2c5c(c6ccccc62)N(c2ccc(C(C)(C)C)cc2)c2c(c(cc6c2C(C)(C)CCC6(C)C)N3c2ccc3c(c2)C(C)(C)CCC3(C)C)B45)c(C)c1. The standard InChI is InChI=1S/C67H71BN4/c1-40-34-41(2)59(42(3)35-40)69(44-20-16-15-17-21-44)47-37-53-57-54(38-47)72-52-23-19-18-22-48(52)60-62(72)68(57)58-55(70(53)46-28-29-49-50(36-46)65(9,10)31-30-64(49,7)8)39-51-56(67(13,14)33-32-66(51,11)12)61(58)71(60)45-26-24-43(25-27-45)63(4,5)6/h15-29,34-39H,30-33H2,1-14H3. The van der Waals surface area contributed by atoms with Gasteiger partial charge in [-0.3, -0.25) is 0 Å². The quantitative estimate of drug-likeness (QED) is 0.160. The number of hydrogen-bond acceptors (Lipinski definition) is 3. The van der Waals surface area contributed by atoms with Gasteiger partial charge in [0.2, 0.25) is 0 Å². The van der Waals surface area contributed by atoms with Crippen LogP contribution in [0.15, 0.2) is 127 Å². The van der Waals surface area contributed by atoms with Crippen molar-refractivity contribution in [2.75, 3.05) is 14.7 Å². The van der Waals surface area contributed by atoms with Crippen LogP contribution in [-0.4, -0.2) is 11.3 Å². The van der Waals surface area contributed by atoms with Crippen LogP contribution in [-0.2, 0) is 27.1 Å². The number of aryl methyl sites for hydroxylation is 3. The van der Waals surface area contributed by atoms with E-state index in [1.165, 1.54) is 124 Å². The molecule has 13 rings (SSSR count). The Hall–Kier alpha value is -6.46. The van der Waals surface area contributed by atoms with Crippen LogP contribution in [0.1, 0.15) is 146 Å². The van der Waals surface area contributed by atoms with E-state index in [0.29, 0.717) is 0 Å². The highest BCUT2D eigenvalue weighted by molar-refractivity contribution is 7.02. The Morgan fingerprint density at radius 2 is 1.08 bits per heavy atom. The summed E-state index contributed by atoms with van der Waals surface area (Å²) in [6.45, 7) is 33.8. The van der Waals surface area contributed by atoms with Crippen LogP contribution in [0.5, 0.6) is 0 Å². The number of fused-ring (bicyclic) bond motifs is 7. The lowest BCUT2D eigenvalue weighted by atomic mass is 9.35. The van der Waals surface area contributed by atoms with Crippen molar-refractivity contribution in [3.05, 3.63) is 172 Å². The third-order valence-corrected chi connectivity index (χ3v) is 18.3. The van der Waals surface area contributed by atoms with E-state index in [-0.39, 0.29) is 33.8 Å². The van der Waals surface area contributed by atoms with Crippen LogP contribution in [0.2, 0.25) is 0 Å². The van der Waals surface area contributed by atoms with Gasteiger partial charge in [-0.1, -0.05) is 148 Å². The monoisotopic (exact) mass is 943 g/mol. The molecule has 0 atom stereocenters. The molecule has 0 spiro atoms.